The van der Waals surface area contributed by atoms with Crippen LogP contribution in [0.1, 0.15) is 29.8 Å². The highest BCUT2D eigenvalue weighted by Crippen LogP contribution is 2.40. The maximum atomic E-state index is 13.0. The molecule has 1 amide bonds. The number of hydrogen-bond donors (Lipinski definition) is 0. The average molecular weight is 471 g/mol. The van der Waals surface area contributed by atoms with Crippen molar-refractivity contribution in [2.24, 2.45) is 4.99 Å². The van der Waals surface area contributed by atoms with E-state index in [0.29, 0.717) is 51.7 Å². The summed E-state index contributed by atoms with van der Waals surface area (Å²) in [7, 11) is 4.62. The number of likely N-dealkylation sites (N-methyl/N-ethyl adjacent to an activating group) is 1. The van der Waals surface area contributed by atoms with Crippen LogP contribution >= 0.6 is 11.8 Å². The Bertz CT molecular complexity index is 1070. The second-order valence-electron chi connectivity index (χ2n) is 6.78. The quantitative estimate of drug-likeness (QED) is 0.414. The number of hydrogen-bond acceptors (Lipinski definition) is 8. The fraction of sp³-hybridized carbons (Fsp3) is 0.292. The van der Waals surface area contributed by atoms with Crippen molar-refractivity contribution in [2.45, 2.75) is 13.8 Å². The minimum atomic E-state index is -0.382. The van der Waals surface area contributed by atoms with Gasteiger partial charge in [0.2, 0.25) is 5.75 Å². The van der Waals surface area contributed by atoms with Crippen LogP contribution in [0.15, 0.2) is 46.3 Å². The molecular formula is C24H26N2O6S. The highest BCUT2D eigenvalue weighted by molar-refractivity contribution is 8.18. The monoisotopic (exact) mass is 470 g/mol. The van der Waals surface area contributed by atoms with Crippen LogP contribution < -0.4 is 14.2 Å². The number of amidine groups is 1. The predicted molar refractivity (Wildman–Crippen MR) is 129 cm³/mol. The molecule has 1 heterocycles. The first kappa shape index (κ1) is 24.2. The van der Waals surface area contributed by atoms with Crippen molar-refractivity contribution in [3.05, 3.63) is 52.4 Å². The number of carbonyl (C=O) groups is 2. The Hall–Kier alpha value is -3.46. The van der Waals surface area contributed by atoms with E-state index in [9.17, 15) is 9.59 Å². The number of esters is 1. The van der Waals surface area contributed by atoms with Gasteiger partial charge in [0.15, 0.2) is 16.7 Å². The number of ether oxygens (including phenoxy) is 4. The van der Waals surface area contributed by atoms with E-state index in [4.69, 9.17) is 18.9 Å². The Morgan fingerprint density at radius 3 is 2.18 bits per heavy atom. The lowest BCUT2D eigenvalue weighted by Crippen LogP contribution is -2.28. The summed E-state index contributed by atoms with van der Waals surface area (Å²) in [6.07, 6.45) is 1.77. The largest absolute Gasteiger partial charge is 0.493 e. The van der Waals surface area contributed by atoms with Crippen LogP contribution in [-0.2, 0) is 9.53 Å². The molecule has 1 fully saturated rings. The first-order valence-electron chi connectivity index (χ1n) is 10.3. The van der Waals surface area contributed by atoms with E-state index in [1.54, 1.807) is 68.5 Å². The number of thioether (sulfide) groups is 1. The summed E-state index contributed by atoms with van der Waals surface area (Å²) in [5, 5.41) is 0.560. The van der Waals surface area contributed by atoms with E-state index in [0.717, 1.165) is 5.56 Å². The zero-order chi connectivity index (χ0) is 24.0. The Morgan fingerprint density at radius 2 is 1.67 bits per heavy atom. The van der Waals surface area contributed by atoms with Crippen LogP contribution in [0.5, 0.6) is 17.2 Å². The Kier molecular flexibility index (Phi) is 8.00. The van der Waals surface area contributed by atoms with Gasteiger partial charge in [0.25, 0.3) is 5.91 Å². The number of carbonyl (C=O) groups excluding carboxylic acids is 2. The van der Waals surface area contributed by atoms with E-state index in [2.05, 4.69) is 4.99 Å². The standard InChI is InChI=1S/C24H26N2O6S/c1-6-26-22(27)20(14-15-12-18(29-3)21(31-5)19(13-15)30-4)33-24(26)25-17-10-8-16(9-11-17)23(28)32-7-2/h8-14H,6-7H2,1-5H3. The summed E-state index contributed by atoms with van der Waals surface area (Å²) in [6.45, 7) is 4.43. The molecule has 0 N–H and O–H groups in total. The number of aliphatic imine (C=N–C) groups is 1. The van der Waals surface area contributed by atoms with Gasteiger partial charge in [0.1, 0.15) is 0 Å². The lowest BCUT2D eigenvalue weighted by Gasteiger charge is -2.13. The third-order valence-electron chi connectivity index (χ3n) is 4.79. The molecule has 8 nitrogen and oxygen atoms in total. The molecule has 0 atom stereocenters. The smallest absolute Gasteiger partial charge is 0.338 e. The van der Waals surface area contributed by atoms with Crippen molar-refractivity contribution >= 4 is 40.6 Å². The second kappa shape index (κ2) is 10.9. The molecular weight excluding hydrogens is 444 g/mol. The van der Waals surface area contributed by atoms with Crippen LogP contribution in [-0.4, -0.2) is 56.4 Å². The van der Waals surface area contributed by atoms with Gasteiger partial charge < -0.3 is 18.9 Å². The molecule has 0 bridgehead atoms. The molecule has 1 saturated heterocycles. The molecule has 0 unspecified atom stereocenters. The maximum absolute atomic E-state index is 13.0. The molecule has 1 aliphatic rings. The van der Waals surface area contributed by atoms with Crippen molar-refractivity contribution in [3.8, 4) is 17.2 Å². The topological polar surface area (TPSA) is 86.7 Å². The molecule has 3 rings (SSSR count). The average Bonchev–Trinajstić information content (AvgIpc) is 3.12. The van der Waals surface area contributed by atoms with E-state index < -0.39 is 0 Å². The first-order chi connectivity index (χ1) is 15.9. The van der Waals surface area contributed by atoms with Crippen molar-refractivity contribution in [1.29, 1.82) is 0 Å². The maximum Gasteiger partial charge on any atom is 0.338 e. The van der Waals surface area contributed by atoms with E-state index in [1.807, 2.05) is 6.92 Å². The molecule has 0 aliphatic carbocycles. The lowest BCUT2D eigenvalue weighted by atomic mass is 10.1. The Balaban J connectivity index is 1.91. The zero-order valence-corrected chi connectivity index (χ0v) is 20.0. The van der Waals surface area contributed by atoms with Gasteiger partial charge in [-0.05, 0) is 73.6 Å². The highest BCUT2D eigenvalue weighted by Gasteiger charge is 2.32. The molecule has 9 heteroatoms. The highest BCUT2D eigenvalue weighted by atomic mass is 32.2. The molecule has 0 saturated carbocycles. The molecule has 1 aliphatic heterocycles. The van der Waals surface area contributed by atoms with Crippen molar-refractivity contribution in [2.75, 3.05) is 34.5 Å². The van der Waals surface area contributed by atoms with Crippen LogP contribution in [0.4, 0.5) is 5.69 Å². The third-order valence-corrected chi connectivity index (χ3v) is 5.80. The molecule has 2 aromatic rings. The molecule has 33 heavy (non-hydrogen) atoms. The molecule has 0 spiro atoms. The van der Waals surface area contributed by atoms with Gasteiger partial charge in [-0.3, -0.25) is 9.69 Å². The molecule has 174 valence electrons. The van der Waals surface area contributed by atoms with Gasteiger partial charge in [0.05, 0.1) is 44.1 Å². The SMILES string of the molecule is CCOC(=O)c1ccc(N=C2SC(=Cc3cc(OC)c(OC)c(OC)c3)C(=O)N2CC)cc1. The number of nitrogens with zero attached hydrogens (tertiary/aromatic N) is 2. The number of methoxy groups -OCH3 is 3. The summed E-state index contributed by atoms with van der Waals surface area (Å²) >= 11 is 1.28. The second-order valence-corrected chi connectivity index (χ2v) is 7.79. The van der Waals surface area contributed by atoms with Crippen LogP contribution in [0.2, 0.25) is 0 Å². The van der Waals surface area contributed by atoms with Crippen LogP contribution in [0.3, 0.4) is 0 Å². The zero-order valence-electron chi connectivity index (χ0n) is 19.2. The fourth-order valence-electron chi connectivity index (χ4n) is 3.20. The molecule has 0 aromatic heterocycles. The van der Waals surface area contributed by atoms with Gasteiger partial charge in [0, 0.05) is 6.54 Å². The Morgan fingerprint density at radius 1 is 1.03 bits per heavy atom. The summed E-state index contributed by atoms with van der Waals surface area (Å²) in [6, 6.07) is 10.3. The van der Waals surface area contributed by atoms with Gasteiger partial charge in [-0.25, -0.2) is 9.79 Å². The van der Waals surface area contributed by atoms with Crippen molar-refractivity contribution in [1.82, 2.24) is 4.90 Å². The fourth-order valence-corrected chi connectivity index (χ4v) is 4.27. The van der Waals surface area contributed by atoms with Crippen LogP contribution in [0, 0.1) is 0 Å². The summed E-state index contributed by atoms with van der Waals surface area (Å²) in [5.74, 6) is 0.964. The third kappa shape index (κ3) is 5.31. The number of benzene rings is 2. The van der Waals surface area contributed by atoms with Gasteiger partial charge >= 0.3 is 5.97 Å². The summed E-state index contributed by atoms with van der Waals surface area (Å²) < 4.78 is 21.2. The van der Waals surface area contributed by atoms with E-state index in [1.165, 1.54) is 18.9 Å². The van der Waals surface area contributed by atoms with Gasteiger partial charge in [-0.2, -0.15) is 0 Å². The van der Waals surface area contributed by atoms with E-state index in [-0.39, 0.29) is 11.9 Å². The van der Waals surface area contributed by atoms with Crippen molar-refractivity contribution < 1.29 is 28.5 Å². The molecule has 0 radical (unpaired) electrons. The lowest BCUT2D eigenvalue weighted by molar-refractivity contribution is -0.122. The number of rotatable bonds is 8. The normalized spacial score (nSPS) is 15.8. The Labute approximate surface area is 197 Å². The molecule has 2 aromatic carbocycles. The van der Waals surface area contributed by atoms with E-state index >= 15 is 0 Å². The van der Waals surface area contributed by atoms with Gasteiger partial charge in [-0.15, -0.1) is 0 Å². The number of amides is 1. The first-order valence-corrected chi connectivity index (χ1v) is 11.1. The van der Waals surface area contributed by atoms with Crippen molar-refractivity contribution in [3.63, 3.8) is 0 Å². The summed E-state index contributed by atoms with van der Waals surface area (Å²) in [5.41, 5.74) is 1.81. The minimum Gasteiger partial charge on any atom is -0.493 e. The minimum absolute atomic E-state index is 0.141. The van der Waals surface area contributed by atoms with Gasteiger partial charge in [-0.1, -0.05) is 0 Å². The van der Waals surface area contributed by atoms with Crippen LogP contribution in [0.25, 0.3) is 6.08 Å². The predicted octanol–water partition coefficient (Wildman–Crippen LogP) is 4.51. The summed E-state index contributed by atoms with van der Waals surface area (Å²) in [4.78, 5) is 31.6.